The first kappa shape index (κ1) is 14.8. The van der Waals surface area contributed by atoms with Crippen molar-refractivity contribution in [2.75, 3.05) is 0 Å². The number of hydrogen-bond acceptors (Lipinski definition) is 1. The molecule has 2 saturated carbocycles. The Morgan fingerprint density at radius 3 is 2.91 bits per heavy atom. The summed E-state index contributed by atoms with van der Waals surface area (Å²) in [6.07, 6.45) is 8.17. The highest BCUT2D eigenvalue weighted by atomic mass is 16.1. The zero-order valence-electron chi connectivity index (χ0n) is 13.9. The Bertz CT molecular complexity index is 704. The highest BCUT2D eigenvalue weighted by Crippen LogP contribution is 2.49. The number of rotatable bonds is 5. The highest BCUT2D eigenvalue weighted by molar-refractivity contribution is 5.80. The summed E-state index contributed by atoms with van der Waals surface area (Å²) >= 11 is 0. The summed E-state index contributed by atoms with van der Waals surface area (Å²) in [7, 11) is 0. The minimum absolute atomic E-state index is 0.193. The SMILES string of the molecule is CC(NC(=O)CCn1ccc2ccccc21)C1CC2CCC1C2. The van der Waals surface area contributed by atoms with Gasteiger partial charge in [0, 0.05) is 30.7 Å². The Balaban J connectivity index is 1.32. The normalized spacial score (nSPS) is 27.4. The number of amides is 1. The standard InChI is InChI=1S/C20H26N2O/c1-14(18-13-15-6-7-17(18)12-15)21-20(23)9-11-22-10-8-16-4-2-3-5-19(16)22/h2-5,8,10,14-15,17-18H,6-7,9,11-13H2,1H3,(H,21,23). The van der Waals surface area contributed by atoms with Crippen LogP contribution in [0.15, 0.2) is 36.5 Å². The number of hydrogen-bond donors (Lipinski definition) is 1. The first-order valence-corrected chi connectivity index (χ1v) is 9.04. The quantitative estimate of drug-likeness (QED) is 0.890. The maximum absolute atomic E-state index is 12.3. The van der Waals surface area contributed by atoms with Crippen LogP contribution in [-0.2, 0) is 11.3 Å². The molecule has 2 aromatic rings. The number of benzene rings is 1. The Morgan fingerprint density at radius 1 is 1.26 bits per heavy atom. The van der Waals surface area contributed by atoms with Crippen LogP contribution in [0.2, 0.25) is 0 Å². The molecule has 2 aliphatic rings. The topological polar surface area (TPSA) is 34.0 Å². The monoisotopic (exact) mass is 310 g/mol. The summed E-state index contributed by atoms with van der Waals surface area (Å²) in [5.74, 6) is 2.71. The van der Waals surface area contributed by atoms with Gasteiger partial charge < -0.3 is 9.88 Å². The van der Waals surface area contributed by atoms with Crippen LogP contribution in [-0.4, -0.2) is 16.5 Å². The Kier molecular flexibility index (Phi) is 3.88. The van der Waals surface area contributed by atoms with E-state index in [2.05, 4.69) is 53.3 Å². The maximum atomic E-state index is 12.3. The van der Waals surface area contributed by atoms with E-state index in [0.29, 0.717) is 18.4 Å². The van der Waals surface area contributed by atoms with Crippen molar-refractivity contribution in [3.8, 4) is 0 Å². The summed E-state index contributed by atoms with van der Waals surface area (Å²) in [5, 5.41) is 4.50. The number of fused-ring (bicyclic) bond motifs is 3. The number of nitrogens with one attached hydrogen (secondary N) is 1. The molecule has 122 valence electrons. The lowest BCUT2D eigenvalue weighted by molar-refractivity contribution is -0.122. The minimum atomic E-state index is 0.193. The van der Waals surface area contributed by atoms with Gasteiger partial charge in [-0.2, -0.15) is 0 Å². The fraction of sp³-hybridized carbons (Fsp3) is 0.550. The van der Waals surface area contributed by atoms with E-state index in [1.165, 1.54) is 36.6 Å². The maximum Gasteiger partial charge on any atom is 0.222 e. The lowest BCUT2D eigenvalue weighted by Crippen LogP contribution is -2.40. The molecular weight excluding hydrogens is 284 g/mol. The number of aryl methyl sites for hydroxylation is 1. The fourth-order valence-electron chi connectivity index (χ4n) is 4.90. The van der Waals surface area contributed by atoms with E-state index in [-0.39, 0.29) is 5.91 Å². The average molecular weight is 310 g/mol. The summed E-state index contributed by atoms with van der Waals surface area (Å²) in [5.41, 5.74) is 1.21. The molecule has 4 atom stereocenters. The van der Waals surface area contributed by atoms with Crippen LogP contribution in [0.25, 0.3) is 10.9 Å². The number of aromatic nitrogens is 1. The second kappa shape index (κ2) is 6.03. The van der Waals surface area contributed by atoms with Gasteiger partial charge in [-0.25, -0.2) is 0 Å². The smallest absolute Gasteiger partial charge is 0.222 e. The van der Waals surface area contributed by atoms with Gasteiger partial charge in [-0.15, -0.1) is 0 Å². The van der Waals surface area contributed by atoms with Crippen molar-refractivity contribution in [2.45, 2.75) is 51.6 Å². The largest absolute Gasteiger partial charge is 0.353 e. The van der Waals surface area contributed by atoms with Crippen LogP contribution < -0.4 is 5.32 Å². The van der Waals surface area contributed by atoms with E-state index < -0.39 is 0 Å². The Hall–Kier alpha value is -1.77. The van der Waals surface area contributed by atoms with Crippen LogP contribution in [0.4, 0.5) is 0 Å². The summed E-state index contributed by atoms with van der Waals surface area (Å²) < 4.78 is 2.18. The van der Waals surface area contributed by atoms with E-state index in [1.54, 1.807) is 0 Å². The zero-order chi connectivity index (χ0) is 15.8. The Morgan fingerprint density at radius 2 is 2.13 bits per heavy atom. The van der Waals surface area contributed by atoms with Crippen LogP contribution in [0.1, 0.15) is 39.0 Å². The van der Waals surface area contributed by atoms with E-state index >= 15 is 0 Å². The number of para-hydroxylation sites is 1. The number of carbonyl (C=O) groups is 1. The molecular formula is C20H26N2O. The third-order valence-electron chi connectivity index (χ3n) is 6.08. The molecule has 0 aliphatic heterocycles. The third-order valence-corrected chi connectivity index (χ3v) is 6.08. The van der Waals surface area contributed by atoms with Gasteiger partial charge in [0.2, 0.25) is 5.91 Å². The number of carbonyl (C=O) groups excluding carboxylic acids is 1. The molecule has 1 N–H and O–H groups in total. The van der Waals surface area contributed by atoms with Crippen molar-refractivity contribution < 1.29 is 4.79 Å². The van der Waals surface area contributed by atoms with Crippen molar-refractivity contribution in [3.05, 3.63) is 36.5 Å². The van der Waals surface area contributed by atoms with Gasteiger partial charge in [-0.05, 0) is 61.5 Å². The molecule has 23 heavy (non-hydrogen) atoms. The average Bonchev–Trinajstić information content (AvgIpc) is 3.28. The van der Waals surface area contributed by atoms with Gasteiger partial charge in [0.15, 0.2) is 0 Å². The van der Waals surface area contributed by atoms with Crippen molar-refractivity contribution in [1.29, 1.82) is 0 Å². The van der Waals surface area contributed by atoms with Crippen LogP contribution in [0.5, 0.6) is 0 Å². The molecule has 3 nitrogen and oxygen atoms in total. The summed E-state index contributed by atoms with van der Waals surface area (Å²) in [6.45, 7) is 2.96. The van der Waals surface area contributed by atoms with E-state index in [4.69, 9.17) is 0 Å². The summed E-state index contributed by atoms with van der Waals surface area (Å²) in [6, 6.07) is 10.8. The van der Waals surface area contributed by atoms with Gasteiger partial charge in [-0.3, -0.25) is 4.79 Å². The molecule has 2 bridgehead atoms. The van der Waals surface area contributed by atoms with Gasteiger partial charge in [0.05, 0.1) is 0 Å². The number of nitrogens with zero attached hydrogens (tertiary/aromatic N) is 1. The van der Waals surface area contributed by atoms with E-state index in [1.807, 2.05) is 0 Å². The van der Waals surface area contributed by atoms with E-state index in [0.717, 1.165) is 18.4 Å². The predicted molar refractivity (Wildman–Crippen MR) is 93.1 cm³/mol. The highest BCUT2D eigenvalue weighted by Gasteiger charge is 2.42. The molecule has 2 fully saturated rings. The molecule has 3 heteroatoms. The lowest BCUT2D eigenvalue weighted by Gasteiger charge is -2.28. The molecule has 4 unspecified atom stereocenters. The van der Waals surface area contributed by atoms with E-state index in [9.17, 15) is 4.79 Å². The second-order valence-corrected chi connectivity index (χ2v) is 7.51. The first-order valence-electron chi connectivity index (χ1n) is 9.04. The minimum Gasteiger partial charge on any atom is -0.353 e. The van der Waals surface area contributed by atoms with Crippen molar-refractivity contribution in [3.63, 3.8) is 0 Å². The van der Waals surface area contributed by atoms with Gasteiger partial charge in [0.25, 0.3) is 0 Å². The predicted octanol–water partition coefficient (Wildman–Crippen LogP) is 3.97. The van der Waals surface area contributed by atoms with Crippen LogP contribution >= 0.6 is 0 Å². The lowest BCUT2D eigenvalue weighted by atomic mass is 9.84. The molecule has 4 rings (SSSR count). The van der Waals surface area contributed by atoms with Gasteiger partial charge in [0.1, 0.15) is 0 Å². The van der Waals surface area contributed by atoms with Gasteiger partial charge in [-0.1, -0.05) is 24.6 Å². The molecule has 0 radical (unpaired) electrons. The molecule has 0 saturated heterocycles. The zero-order valence-corrected chi connectivity index (χ0v) is 13.9. The fourth-order valence-corrected chi connectivity index (χ4v) is 4.90. The van der Waals surface area contributed by atoms with Crippen molar-refractivity contribution >= 4 is 16.8 Å². The Labute approximate surface area is 138 Å². The summed E-state index contributed by atoms with van der Waals surface area (Å²) in [4.78, 5) is 12.3. The van der Waals surface area contributed by atoms with Crippen molar-refractivity contribution in [1.82, 2.24) is 9.88 Å². The third kappa shape index (κ3) is 2.89. The molecule has 1 heterocycles. The molecule has 1 amide bonds. The second-order valence-electron chi connectivity index (χ2n) is 7.51. The molecule has 2 aliphatic carbocycles. The van der Waals surface area contributed by atoms with Gasteiger partial charge >= 0.3 is 0 Å². The molecule has 1 aromatic carbocycles. The first-order chi connectivity index (χ1) is 11.2. The van der Waals surface area contributed by atoms with Crippen LogP contribution in [0.3, 0.4) is 0 Å². The molecule has 0 spiro atoms. The molecule has 1 aromatic heterocycles. The van der Waals surface area contributed by atoms with Crippen molar-refractivity contribution in [2.24, 2.45) is 17.8 Å². The van der Waals surface area contributed by atoms with Crippen LogP contribution in [0, 0.1) is 17.8 Å².